The van der Waals surface area contributed by atoms with Crippen molar-refractivity contribution in [2.75, 3.05) is 5.32 Å². The molecule has 3 nitrogen and oxygen atoms in total. The number of hydrogen-bond acceptors (Lipinski definition) is 2. The molecule has 0 aliphatic carbocycles. The van der Waals surface area contributed by atoms with E-state index < -0.39 is 0 Å². The van der Waals surface area contributed by atoms with E-state index in [4.69, 9.17) is 23.2 Å². The van der Waals surface area contributed by atoms with Gasteiger partial charge in [0.25, 0.3) is 5.91 Å². The third-order valence-corrected chi connectivity index (χ3v) is 3.52. The Morgan fingerprint density at radius 3 is 2.55 bits per heavy atom. The molecule has 2 aromatic rings. The first-order valence-electron chi connectivity index (χ1n) is 5.86. The monoisotopic (exact) mass is 305 g/mol. The van der Waals surface area contributed by atoms with E-state index >= 15 is 0 Å². The Hall–Kier alpha value is -1.97. The largest absolute Gasteiger partial charge is 0.507 e. The highest BCUT2D eigenvalue weighted by atomic mass is 35.5. The highest BCUT2D eigenvalue weighted by Crippen LogP contribution is 2.36. The molecule has 5 heteroatoms. The van der Waals surface area contributed by atoms with Gasteiger partial charge in [0.2, 0.25) is 0 Å². The Kier molecular flexibility index (Phi) is 3.16. The topological polar surface area (TPSA) is 49.3 Å². The Morgan fingerprint density at radius 2 is 1.75 bits per heavy atom. The van der Waals surface area contributed by atoms with E-state index in [1.54, 1.807) is 36.4 Å². The molecule has 1 amide bonds. The van der Waals surface area contributed by atoms with Crippen LogP contribution in [0.25, 0.3) is 11.6 Å². The molecule has 0 aromatic heterocycles. The van der Waals surface area contributed by atoms with Crippen LogP contribution >= 0.6 is 23.2 Å². The number of anilines is 1. The van der Waals surface area contributed by atoms with Crippen LogP contribution in [0, 0.1) is 0 Å². The molecule has 0 unspecified atom stereocenters. The second-order valence-corrected chi connectivity index (χ2v) is 5.28. The van der Waals surface area contributed by atoms with Crippen LogP contribution in [0.15, 0.2) is 36.4 Å². The molecular weight excluding hydrogens is 297 g/mol. The molecule has 3 rings (SSSR count). The van der Waals surface area contributed by atoms with Gasteiger partial charge in [-0.2, -0.15) is 0 Å². The highest BCUT2D eigenvalue weighted by Gasteiger charge is 2.24. The summed E-state index contributed by atoms with van der Waals surface area (Å²) in [5, 5.41) is 13.6. The number of carbonyl (C=O) groups excluding carboxylic acids is 1. The van der Waals surface area contributed by atoms with Crippen molar-refractivity contribution in [3.63, 3.8) is 0 Å². The molecule has 1 heterocycles. The number of carbonyl (C=O) groups is 1. The maximum atomic E-state index is 12.0. The van der Waals surface area contributed by atoms with Gasteiger partial charge in [-0.05, 0) is 36.4 Å². The van der Waals surface area contributed by atoms with Gasteiger partial charge < -0.3 is 10.4 Å². The third-order valence-electron chi connectivity index (χ3n) is 3.05. The van der Waals surface area contributed by atoms with Crippen molar-refractivity contribution in [2.45, 2.75) is 0 Å². The first-order chi connectivity index (χ1) is 9.54. The Balaban J connectivity index is 2.13. The SMILES string of the molecule is O=C1Nc2cc(Cl)ccc2C1=Cc1cc(Cl)ccc1O. The molecule has 20 heavy (non-hydrogen) atoms. The van der Waals surface area contributed by atoms with E-state index in [9.17, 15) is 9.90 Å². The van der Waals surface area contributed by atoms with Gasteiger partial charge in [-0.15, -0.1) is 0 Å². The molecule has 0 spiro atoms. The van der Waals surface area contributed by atoms with Crippen molar-refractivity contribution < 1.29 is 9.90 Å². The molecule has 0 bridgehead atoms. The highest BCUT2D eigenvalue weighted by molar-refractivity contribution is 6.37. The standard InChI is InChI=1S/C15H9Cl2NO2/c16-9-2-4-14(19)8(5-9)6-12-11-3-1-10(17)7-13(11)18-15(12)20/h1-7,19H,(H,18,20). The summed E-state index contributed by atoms with van der Waals surface area (Å²) < 4.78 is 0. The average Bonchev–Trinajstić information content (AvgIpc) is 2.69. The average molecular weight is 306 g/mol. The number of nitrogens with one attached hydrogen (secondary N) is 1. The lowest BCUT2D eigenvalue weighted by molar-refractivity contribution is -0.110. The third kappa shape index (κ3) is 2.26. The van der Waals surface area contributed by atoms with Crippen molar-refractivity contribution in [1.82, 2.24) is 0 Å². The molecule has 0 saturated heterocycles. The molecule has 2 N–H and O–H groups in total. The van der Waals surface area contributed by atoms with Crippen LogP contribution in [0.3, 0.4) is 0 Å². The van der Waals surface area contributed by atoms with Gasteiger partial charge in [-0.3, -0.25) is 4.79 Å². The number of phenolic OH excluding ortho intramolecular Hbond substituents is 1. The normalized spacial score (nSPS) is 15.3. The fourth-order valence-electron chi connectivity index (χ4n) is 2.11. The van der Waals surface area contributed by atoms with E-state index in [1.807, 2.05) is 0 Å². The minimum atomic E-state index is -0.235. The summed E-state index contributed by atoms with van der Waals surface area (Å²) >= 11 is 11.8. The summed E-state index contributed by atoms with van der Waals surface area (Å²) in [5.74, 6) is -0.168. The molecule has 1 aliphatic rings. The summed E-state index contributed by atoms with van der Waals surface area (Å²) in [5.41, 5.74) is 2.37. The molecule has 0 radical (unpaired) electrons. The zero-order chi connectivity index (χ0) is 14.3. The predicted molar refractivity (Wildman–Crippen MR) is 81.1 cm³/mol. The van der Waals surface area contributed by atoms with Crippen molar-refractivity contribution in [2.24, 2.45) is 0 Å². The van der Waals surface area contributed by atoms with Gasteiger partial charge in [-0.1, -0.05) is 29.3 Å². The van der Waals surface area contributed by atoms with Gasteiger partial charge in [0, 0.05) is 26.7 Å². The van der Waals surface area contributed by atoms with Crippen LogP contribution in [-0.2, 0) is 4.79 Å². The van der Waals surface area contributed by atoms with E-state index in [0.717, 1.165) is 5.56 Å². The lowest BCUT2D eigenvalue weighted by Gasteiger charge is -2.02. The quantitative estimate of drug-likeness (QED) is 0.776. The van der Waals surface area contributed by atoms with Crippen LogP contribution in [-0.4, -0.2) is 11.0 Å². The Labute approximate surface area is 125 Å². The van der Waals surface area contributed by atoms with Crippen molar-refractivity contribution >= 4 is 46.4 Å². The van der Waals surface area contributed by atoms with E-state index in [1.165, 1.54) is 6.07 Å². The summed E-state index contributed by atoms with van der Waals surface area (Å²) in [6, 6.07) is 9.85. The van der Waals surface area contributed by atoms with Gasteiger partial charge in [0.05, 0.1) is 5.69 Å². The zero-order valence-electron chi connectivity index (χ0n) is 10.2. The van der Waals surface area contributed by atoms with Crippen LogP contribution in [0.5, 0.6) is 5.75 Å². The van der Waals surface area contributed by atoms with Crippen molar-refractivity contribution in [1.29, 1.82) is 0 Å². The van der Waals surface area contributed by atoms with Crippen LogP contribution in [0.1, 0.15) is 11.1 Å². The van der Waals surface area contributed by atoms with Crippen molar-refractivity contribution in [3.8, 4) is 5.75 Å². The minimum Gasteiger partial charge on any atom is -0.507 e. The van der Waals surface area contributed by atoms with E-state index in [-0.39, 0.29) is 11.7 Å². The first kappa shape index (κ1) is 13.0. The maximum absolute atomic E-state index is 12.0. The van der Waals surface area contributed by atoms with Crippen LogP contribution in [0.4, 0.5) is 5.69 Å². The fraction of sp³-hybridized carbons (Fsp3) is 0. The lowest BCUT2D eigenvalue weighted by atomic mass is 10.0. The molecule has 2 aromatic carbocycles. The summed E-state index contributed by atoms with van der Waals surface area (Å²) in [6.07, 6.45) is 1.61. The second-order valence-electron chi connectivity index (χ2n) is 4.41. The molecule has 0 fully saturated rings. The molecule has 0 atom stereocenters. The smallest absolute Gasteiger partial charge is 0.256 e. The van der Waals surface area contributed by atoms with Gasteiger partial charge in [-0.25, -0.2) is 0 Å². The minimum absolute atomic E-state index is 0.0668. The number of hydrogen-bond donors (Lipinski definition) is 2. The summed E-state index contributed by atoms with van der Waals surface area (Å²) in [6.45, 7) is 0. The molecule has 100 valence electrons. The summed E-state index contributed by atoms with van der Waals surface area (Å²) in [4.78, 5) is 12.0. The number of benzene rings is 2. The molecule has 1 aliphatic heterocycles. The van der Waals surface area contributed by atoms with Gasteiger partial charge in [0.15, 0.2) is 0 Å². The molecular formula is C15H9Cl2NO2. The van der Waals surface area contributed by atoms with Crippen molar-refractivity contribution in [3.05, 3.63) is 57.6 Å². The fourth-order valence-corrected chi connectivity index (χ4v) is 2.46. The number of rotatable bonds is 1. The van der Waals surface area contributed by atoms with Crippen LogP contribution in [0.2, 0.25) is 10.0 Å². The number of aromatic hydroxyl groups is 1. The van der Waals surface area contributed by atoms with Crippen LogP contribution < -0.4 is 5.32 Å². The Morgan fingerprint density at radius 1 is 1.05 bits per heavy atom. The van der Waals surface area contributed by atoms with E-state index in [2.05, 4.69) is 5.32 Å². The van der Waals surface area contributed by atoms with Gasteiger partial charge in [0.1, 0.15) is 5.75 Å². The molecule has 0 saturated carbocycles. The maximum Gasteiger partial charge on any atom is 0.256 e. The number of amides is 1. The number of phenols is 1. The van der Waals surface area contributed by atoms with E-state index in [0.29, 0.717) is 26.9 Å². The summed E-state index contributed by atoms with van der Waals surface area (Å²) in [7, 11) is 0. The lowest BCUT2D eigenvalue weighted by Crippen LogP contribution is -2.03. The Bertz CT molecular complexity index is 754. The first-order valence-corrected chi connectivity index (χ1v) is 6.62. The predicted octanol–water partition coefficient (Wildman–Crippen LogP) is 4.19. The second kappa shape index (κ2) is 4.85. The number of halogens is 2. The van der Waals surface area contributed by atoms with Gasteiger partial charge >= 0.3 is 0 Å². The number of fused-ring (bicyclic) bond motifs is 1. The zero-order valence-corrected chi connectivity index (χ0v) is 11.7.